The van der Waals surface area contributed by atoms with Gasteiger partial charge in [-0.05, 0) is 41.1 Å². The van der Waals surface area contributed by atoms with E-state index in [1.165, 1.54) is 23.1 Å². The number of hydrogen-bond acceptors (Lipinski definition) is 2. The van der Waals surface area contributed by atoms with Gasteiger partial charge in [-0.1, -0.05) is 0 Å². The Morgan fingerprint density at radius 2 is 2.06 bits per heavy atom. The molecule has 1 aromatic carbocycles. The van der Waals surface area contributed by atoms with Gasteiger partial charge in [-0.3, -0.25) is 4.79 Å². The molecule has 94 valence electrons. The first-order valence-corrected chi connectivity index (χ1v) is 5.73. The van der Waals surface area contributed by atoms with Crippen LogP contribution in [0, 0.1) is 0 Å². The van der Waals surface area contributed by atoms with Crippen molar-refractivity contribution in [1.29, 1.82) is 0 Å². The molecule has 0 bridgehead atoms. The van der Waals surface area contributed by atoms with E-state index in [2.05, 4.69) is 15.9 Å². The van der Waals surface area contributed by atoms with E-state index in [4.69, 9.17) is 0 Å². The second-order valence-corrected chi connectivity index (χ2v) is 4.31. The van der Waals surface area contributed by atoms with Gasteiger partial charge in [0.2, 0.25) is 0 Å². The maximum absolute atomic E-state index is 12.3. The number of nitrogens with zero attached hydrogens (tertiary/aromatic N) is 1. The summed E-state index contributed by atoms with van der Waals surface area (Å²) in [5, 5.41) is 0. The molecular weight excluding hydrogens is 299 g/mol. The van der Waals surface area contributed by atoms with Crippen LogP contribution in [0.2, 0.25) is 0 Å². The van der Waals surface area contributed by atoms with Crippen molar-refractivity contribution in [3.8, 4) is 0 Å². The normalized spacial score (nSPS) is 11.4. The standard InChI is InChI=1S/C11H11BrF3NO/c1-2-16(7-11(13,14)15)10-4-3-8(6-17)5-9(10)12/h3-6H,2,7H2,1H3. The zero-order valence-electron chi connectivity index (χ0n) is 9.09. The molecule has 0 saturated heterocycles. The third-order valence-corrected chi connectivity index (χ3v) is 2.84. The third kappa shape index (κ3) is 4.03. The van der Waals surface area contributed by atoms with E-state index in [0.717, 1.165) is 0 Å². The van der Waals surface area contributed by atoms with Crippen LogP contribution in [0.4, 0.5) is 18.9 Å². The molecule has 0 N–H and O–H groups in total. The quantitative estimate of drug-likeness (QED) is 0.791. The van der Waals surface area contributed by atoms with Gasteiger partial charge in [0.15, 0.2) is 0 Å². The van der Waals surface area contributed by atoms with Gasteiger partial charge < -0.3 is 4.90 Å². The molecule has 0 aromatic heterocycles. The second kappa shape index (κ2) is 5.53. The first-order valence-electron chi connectivity index (χ1n) is 4.94. The smallest absolute Gasteiger partial charge is 0.362 e. The topological polar surface area (TPSA) is 20.3 Å². The summed E-state index contributed by atoms with van der Waals surface area (Å²) in [6.07, 6.45) is -3.60. The number of carbonyl (C=O) groups excluding carboxylic acids is 1. The van der Waals surface area contributed by atoms with E-state index >= 15 is 0 Å². The fourth-order valence-corrected chi connectivity index (χ4v) is 2.08. The zero-order valence-corrected chi connectivity index (χ0v) is 10.7. The van der Waals surface area contributed by atoms with E-state index < -0.39 is 12.7 Å². The number of hydrogen-bond donors (Lipinski definition) is 0. The predicted molar refractivity (Wildman–Crippen MR) is 63.5 cm³/mol. The monoisotopic (exact) mass is 309 g/mol. The average molecular weight is 310 g/mol. The van der Waals surface area contributed by atoms with Crippen LogP contribution in [0.5, 0.6) is 0 Å². The molecule has 2 nitrogen and oxygen atoms in total. The minimum atomic E-state index is -4.25. The van der Waals surface area contributed by atoms with Gasteiger partial charge in [-0.15, -0.1) is 0 Å². The lowest BCUT2D eigenvalue weighted by molar-refractivity contribution is -0.119. The molecule has 0 radical (unpaired) electrons. The van der Waals surface area contributed by atoms with Crippen LogP contribution >= 0.6 is 15.9 Å². The lowest BCUT2D eigenvalue weighted by Crippen LogP contribution is -2.34. The van der Waals surface area contributed by atoms with Gasteiger partial charge in [-0.2, -0.15) is 13.2 Å². The van der Waals surface area contributed by atoms with Gasteiger partial charge in [0.05, 0.1) is 5.69 Å². The number of carbonyl (C=O) groups is 1. The van der Waals surface area contributed by atoms with Crippen LogP contribution < -0.4 is 4.90 Å². The highest BCUT2D eigenvalue weighted by molar-refractivity contribution is 9.10. The van der Waals surface area contributed by atoms with Gasteiger partial charge in [0, 0.05) is 16.6 Å². The summed E-state index contributed by atoms with van der Waals surface area (Å²) in [6, 6.07) is 4.50. The largest absolute Gasteiger partial charge is 0.405 e. The minimum absolute atomic E-state index is 0.235. The summed E-state index contributed by atoms with van der Waals surface area (Å²) in [4.78, 5) is 11.7. The summed E-state index contributed by atoms with van der Waals surface area (Å²) < 4.78 is 37.5. The molecule has 0 atom stereocenters. The van der Waals surface area contributed by atoms with E-state index in [9.17, 15) is 18.0 Å². The molecular formula is C11H11BrF3NO. The lowest BCUT2D eigenvalue weighted by atomic mass is 10.2. The number of halogens is 4. The molecule has 1 rings (SSSR count). The van der Waals surface area contributed by atoms with Crippen LogP contribution in [-0.4, -0.2) is 25.6 Å². The molecule has 0 saturated carbocycles. The second-order valence-electron chi connectivity index (χ2n) is 3.46. The molecule has 6 heteroatoms. The first kappa shape index (κ1) is 14.0. The SMILES string of the molecule is CCN(CC(F)(F)F)c1ccc(C=O)cc1Br. The Kier molecular flexibility index (Phi) is 4.56. The van der Waals surface area contributed by atoms with Crippen LogP contribution in [0.25, 0.3) is 0 Å². The predicted octanol–water partition coefficient (Wildman–Crippen LogP) is 3.65. The number of rotatable bonds is 4. The van der Waals surface area contributed by atoms with Crippen molar-refractivity contribution in [3.05, 3.63) is 28.2 Å². The highest BCUT2D eigenvalue weighted by Crippen LogP contribution is 2.29. The van der Waals surface area contributed by atoms with Crippen molar-refractivity contribution < 1.29 is 18.0 Å². The van der Waals surface area contributed by atoms with Crippen molar-refractivity contribution in [1.82, 2.24) is 0 Å². The minimum Gasteiger partial charge on any atom is -0.362 e. The van der Waals surface area contributed by atoms with Gasteiger partial charge in [0.1, 0.15) is 12.8 Å². The maximum atomic E-state index is 12.3. The summed E-state index contributed by atoms with van der Waals surface area (Å²) in [5.74, 6) is 0. The summed E-state index contributed by atoms with van der Waals surface area (Å²) >= 11 is 3.17. The number of aldehydes is 1. The summed E-state index contributed by atoms with van der Waals surface area (Å²) in [5.41, 5.74) is 0.846. The highest BCUT2D eigenvalue weighted by Gasteiger charge is 2.30. The van der Waals surface area contributed by atoms with Crippen LogP contribution in [-0.2, 0) is 0 Å². The number of anilines is 1. The first-order chi connectivity index (χ1) is 7.87. The Hall–Kier alpha value is -1.04. The molecule has 0 aliphatic carbocycles. The van der Waals surface area contributed by atoms with E-state index in [-0.39, 0.29) is 6.54 Å². The molecule has 0 amide bonds. The van der Waals surface area contributed by atoms with Gasteiger partial charge in [-0.25, -0.2) is 0 Å². The molecule has 0 unspecified atom stereocenters. The van der Waals surface area contributed by atoms with E-state index in [0.29, 0.717) is 22.0 Å². The Morgan fingerprint density at radius 3 is 2.47 bits per heavy atom. The van der Waals surface area contributed by atoms with Crippen LogP contribution in [0.15, 0.2) is 22.7 Å². The van der Waals surface area contributed by atoms with Gasteiger partial charge in [0.25, 0.3) is 0 Å². The van der Waals surface area contributed by atoms with Crippen molar-refractivity contribution in [2.24, 2.45) is 0 Å². The maximum Gasteiger partial charge on any atom is 0.405 e. The molecule has 0 fully saturated rings. The average Bonchev–Trinajstić information content (AvgIpc) is 2.24. The fraction of sp³-hybridized carbons (Fsp3) is 0.364. The molecule has 0 heterocycles. The van der Waals surface area contributed by atoms with E-state index in [1.54, 1.807) is 6.92 Å². The summed E-state index contributed by atoms with van der Waals surface area (Å²) in [7, 11) is 0. The Balaban J connectivity index is 3.00. The van der Waals surface area contributed by atoms with Crippen LogP contribution in [0.3, 0.4) is 0 Å². The van der Waals surface area contributed by atoms with Crippen molar-refractivity contribution in [2.45, 2.75) is 13.1 Å². The Labute approximate surface area is 106 Å². The number of benzene rings is 1. The molecule has 1 aromatic rings. The van der Waals surface area contributed by atoms with Crippen LogP contribution in [0.1, 0.15) is 17.3 Å². The molecule has 17 heavy (non-hydrogen) atoms. The third-order valence-electron chi connectivity index (χ3n) is 2.20. The Morgan fingerprint density at radius 1 is 1.41 bits per heavy atom. The number of alkyl halides is 3. The Bertz CT molecular complexity index is 406. The summed E-state index contributed by atoms with van der Waals surface area (Å²) in [6.45, 7) is 0.868. The van der Waals surface area contributed by atoms with Crippen molar-refractivity contribution in [3.63, 3.8) is 0 Å². The fourth-order valence-electron chi connectivity index (χ4n) is 1.44. The lowest BCUT2D eigenvalue weighted by Gasteiger charge is -2.25. The highest BCUT2D eigenvalue weighted by atomic mass is 79.9. The van der Waals surface area contributed by atoms with Crippen molar-refractivity contribution >= 4 is 27.9 Å². The molecule has 0 spiro atoms. The zero-order chi connectivity index (χ0) is 13.1. The van der Waals surface area contributed by atoms with Gasteiger partial charge >= 0.3 is 6.18 Å². The van der Waals surface area contributed by atoms with Crippen molar-refractivity contribution in [2.75, 3.05) is 18.0 Å². The molecule has 0 aliphatic heterocycles. The van der Waals surface area contributed by atoms with E-state index in [1.807, 2.05) is 0 Å². The molecule has 0 aliphatic rings.